The number of amides is 1. The Kier molecular flexibility index (Phi) is 13.2. The smallest absolute Gasteiger partial charge is 0.222 e. The summed E-state index contributed by atoms with van der Waals surface area (Å²) in [4.78, 5) is 18.9. The van der Waals surface area contributed by atoms with Gasteiger partial charge in [0.2, 0.25) is 5.91 Å². The van der Waals surface area contributed by atoms with E-state index in [1.165, 1.54) is 4.90 Å². The van der Waals surface area contributed by atoms with E-state index < -0.39 is 36.6 Å². The summed E-state index contributed by atoms with van der Waals surface area (Å²) in [6.45, 7) is 2.85. The van der Waals surface area contributed by atoms with Gasteiger partial charge in [0.15, 0.2) is 0 Å². The zero-order valence-electron chi connectivity index (χ0n) is 28.5. The molecule has 0 radical (unpaired) electrons. The largest absolute Gasteiger partial charge is 0.490 e. The van der Waals surface area contributed by atoms with E-state index in [1.54, 1.807) is 20.0 Å². The number of ether oxygens (including phenoxy) is 2. The summed E-state index contributed by atoms with van der Waals surface area (Å²) in [7, 11) is 0. The number of benzene rings is 2. The first-order chi connectivity index (χ1) is 23.9. The molecule has 5 rings (SSSR count). The van der Waals surface area contributed by atoms with Gasteiger partial charge in [0, 0.05) is 52.6 Å². The Bertz CT molecular complexity index is 1600. The summed E-state index contributed by atoms with van der Waals surface area (Å²) in [5.41, 5.74) is 4.28. The fourth-order valence-electron chi connectivity index (χ4n) is 6.11. The summed E-state index contributed by atoms with van der Waals surface area (Å²) < 4.78 is 12.8. The molecule has 4 atom stereocenters. The number of hydrogen-bond acceptors (Lipinski definition) is 9. The van der Waals surface area contributed by atoms with E-state index in [4.69, 9.17) is 37.8 Å². The Morgan fingerprint density at radius 3 is 2.32 bits per heavy atom. The monoisotopic (exact) mass is 730 g/mol. The third-order valence-corrected chi connectivity index (χ3v) is 10.2. The van der Waals surface area contributed by atoms with Crippen molar-refractivity contribution in [3.8, 4) is 16.9 Å². The Labute approximate surface area is 303 Å². The van der Waals surface area contributed by atoms with Gasteiger partial charge in [-0.3, -0.25) is 9.78 Å². The summed E-state index contributed by atoms with van der Waals surface area (Å²) in [5, 5.41) is 50.2. The average Bonchev–Trinajstić information content (AvgIpc) is 4.06. The van der Waals surface area contributed by atoms with Crippen LogP contribution in [0.4, 0.5) is 0 Å². The van der Waals surface area contributed by atoms with Crippen molar-refractivity contribution >= 4 is 29.1 Å². The molecular weight excluding hydrogens is 683 g/mol. The Balaban J connectivity index is 1.15. The van der Waals surface area contributed by atoms with Gasteiger partial charge < -0.3 is 39.9 Å². The van der Waals surface area contributed by atoms with Crippen molar-refractivity contribution in [1.29, 1.82) is 0 Å². The van der Waals surface area contributed by atoms with Gasteiger partial charge in [0.1, 0.15) is 30.2 Å². The van der Waals surface area contributed by atoms with Crippen LogP contribution in [0.3, 0.4) is 0 Å². The minimum atomic E-state index is -1.75. The summed E-state index contributed by atoms with van der Waals surface area (Å²) in [6.07, 6.45) is 3.27. The highest BCUT2D eigenvalue weighted by molar-refractivity contribution is 6.34. The lowest BCUT2D eigenvalue weighted by Gasteiger charge is -2.32. The highest BCUT2D eigenvalue weighted by atomic mass is 35.5. The van der Waals surface area contributed by atoms with Crippen LogP contribution in [0, 0.1) is 0 Å². The van der Waals surface area contributed by atoms with E-state index >= 15 is 0 Å². The number of halogens is 2. The first-order valence-electron chi connectivity index (χ1n) is 17.4. The molecule has 12 heteroatoms. The van der Waals surface area contributed by atoms with Crippen LogP contribution in [0.25, 0.3) is 11.1 Å². The number of aryl methyl sites for hydroxylation is 1. The standard InChI is InChI=1S/C38H48Cl2N2O8/c1-23(2)42(20-32(44)36(47)37(48)33(45)21-43)35(46)10-6-3-7-24-17-31(40)25(18-30(24)39)22-49-38(14-15-38)29-19-41-16-13-27(29)28-8-4-5-9-34(28)50-26-11-12-26/h4-5,8-9,13,16-19,23,26,32-33,36-37,43-45,47-48H,3,6-7,10-12,14-15,20-22H2,1-2H3/t32-,33+,36+,37+/m0/s1. The van der Waals surface area contributed by atoms with Crippen molar-refractivity contribution in [2.75, 3.05) is 13.2 Å². The molecule has 1 aromatic heterocycles. The van der Waals surface area contributed by atoms with Crippen molar-refractivity contribution in [1.82, 2.24) is 9.88 Å². The molecule has 0 saturated heterocycles. The third-order valence-electron chi connectivity index (χ3n) is 9.47. The van der Waals surface area contributed by atoms with Gasteiger partial charge in [-0.05, 0) is 99.7 Å². The third kappa shape index (κ3) is 9.54. The van der Waals surface area contributed by atoms with Gasteiger partial charge in [-0.15, -0.1) is 0 Å². The Hall–Kier alpha value is -2.80. The maximum Gasteiger partial charge on any atom is 0.222 e. The van der Waals surface area contributed by atoms with Crippen molar-refractivity contribution in [3.05, 3.63) is 81.6 Å². The van der Waals surface area contributed by atoms with Crippen molar-refractivity contribution < 1.29 is 39.8 Å². The van der Waals surface area contributed by atoms with E-state index in [2.05, 4.69) is 11.1 Å². The first kappa shape index (κ1) is 38.4. The van der Waals surface area contributed by atoms with Crippen molar-refractivity contribution in [2.24, 2.45) is 0 Å². The van der Waals surface area contributed by atoms with E-state index in [0.717, 1.165) is 59.3 Å². The molecule has 2 aromatic carbocycles. The first-order valence-corrected chi connectivity index (χ1v) is 18.1. The number of rotatable bonds is 19. The lowest BCUT2D eigenvalue weighted by atomic mass is 9.96. The molecule has 10 nitrogen and oxygen atoms in total. The van der Waals surface area contributed by atoms with Gasteiger partial charge in [-0.2, -0.15) is 0 Å². The molecule has 3 aromatic rings. The molecule has 0 aliphatic heterocycles. The molecule has 2 saturated carbocycles. The zero-order chi connectivity index (χ0) is 36.0. The van der Waals surface area contributed by atoms with Crippen LogP contribution in [0.2, 0.25) is 10.0 Å². The number of aliphatic hydroxyl groups is 5. The number of pyridine rings is 1. The maximum atomic E-state index is 13.0. The Morgan fingerprint density at radius 2 is 1.64 bits per heavy atom. The number of para-hydroxylation sites is 1. The predicted octanol–water partition coefficient (Wildman–Crippen LogP) is 5.19. The summed E-state index contributed by atoms with van der Waals surface area (Å²) in [6, 6.07) is 13.6. The van der Waals surface area contributed by atoms with Gasteiger partial charge in [0.05, 0.1) is 24.9 Å². The lowest BCUT2D eigenvalue weighted by molar-refractivity contribution is -0.142. The molecule has 5 N–H and O–H groups in total. The molecule has 272 valence electrons. The van der Waals surface area contributed by atoms with Crippen molar-refractivity contribution in [2.45, 2.75) is 114 Å². The van der Waals surface area contributed by atoms with Gasteiger partial charge in [0.25, 0.3) is 0 Å². The second kappa shape index (κ2) is 17.1. The normalized spacial score (nSPS) is 17.6. The average molecular weight is 732 g/mol. The van der Waals surface area contributed by atoms with Crippen LogP contribution < -0.4 is 4.74 Å². The quantitative estimate of drug-likeness (QED) is 0.105. The predicted molar refractivity (Wildman–Crippen MR) is 191 cm³/mol. The highest BCUT2D eigenvalue weighted by Crippen LogP contribution is 2.53. The fraction of sp³-hybridized carbons (Fsp3) is 0.526. The molecule has 2 aliphatic carbocycles. The van der Waals surface area contributed by atoms with Crippen LogP contribution in [0.1, 0.15) is 75.5 Å². The zero-order valence-corrected chi connectivity index (χ0v) is 30.1. The molecular formula is C38H48Cl2N2O8. The minimum Gasteiger partial charge on any atom is -0.490 e. The summed E-state index contributed by atoms with van der Waals surface area (Å²) in [5.74, 6) is 0.654. The molecule has 50 heavy (non-hydrogen) atoms. The van der Waals surface area contributed by atoms with Gasteiger partial charge >= 0.3 is 0 Å². The topological polar surface area (TPSA) is 153 Å². The molecule has 2 aliphatic rings. The number of aromatic nitrogens is 1. The maximum absolute atomic E-state index is 13.0. The molecule has 2 fully saturated rings. The second-order valence-corrected chi connectivity index (χ2v) is 14.5. The molecule has 0 bridgehead atoms. The van der Waals surface area contributed by atoms with Crippen LogP contribution in [-0.4, -0.2) is 91.0 Å². The SMILES string of the molecule is CC(C)N(C[C@H](O)[C@@H](O)[C@H](O)[C@H](O)CO)C(=O)CCCCc1cc(Cl)c(COC2(c3cnccc3-c3ccccc3OC3CC3)CC2)cc1Cl. The molecule has 1 heterocycles. The number of aliphatic hydroxyl groups excluding tert-OH is 5. The number of carbonyl (C=O) groups excluding carboxylic acids is 1. The van der Waals surface area contributed by atoms with E-state index in [-0.39, 0.29) is 37.6 Å². The minimum absolute atomic E-state index is 0.204. The number of unbranched alkanes of at least 4 members (excludes halogenated alkanes) is 1. The number of hydrogen-bond donors (Lipinski definition) is 5. The van der Waals surface area contributed by atoms with Gasteiger partial charge in [-0.1, -0.05) is 41.4 Å². The van der Waals surface area contributed by atoms with E-state index in [1.807, 2.05) is 42.6 Å². The van der Waals surface area contributed by atoms with Crippen LogP contribution in [-0.2, 0) is 28.2 Å². The van der Waals surface area contributed by atoms with E-state index in [0.29, 0.717) is 29.3 Å². The van der Waals surface area contributed by atoms with Crippen LogP contribution >= 0.6 is 23.2 Å². The van der Waals surface area contributed by atoms with E-state index in [9.17, 15) is 25.2 Å². The van der Waals surface area contributed by atoms with Crippen LogP contribution in [0.15, 0.2) is 54.9 Å². The molecule has 0 unspecified atom stereocenters. The number of nitrogens with zero attached hydrogens (tertiary/aromatic N) is 2. The summed E-state index contributed by atoms with van der Waals surface area (Å²) >= 11 is 13.5. The second-order valence-electron chi connectivity index (χ2n) is 13.7. The fourth-order valence-corrected chi connectivity index (χ4v) is 6.63. The Morgan fingerprint density at radius 1 is 0.960 bits per heavy atom. The lowest BCUT2D eigenvalue weighted by Crippen LogP contribution is -2.51. The highest BCUT2D eigenvalue weighted by Gasteiger charge is 2.48. The van der Waals surface area contributed by atoms with Gasteiger partial charge in [-0.25, -0.2) is 0 Å². The van der Waals surface area contributed by atoms with Crippen LogP contribution in [0.5, 0.6) is 5.75 Å². The molecule has 0 spiro atoms. The number of carbonyl (C=O) groups is 1. The molecule has 1 amide bonds. The van der Waals surface area contributed by atoms with Crippen molar-refractivity contribution in [3.63, 3.8) is 0 Å².